The first kappa shape index (κ1) is 25.5. The normalized spacial score (nSPS) is 21.2. The maximum Gasteiger partial charge on any atom is 0.315 e. The van der Waals surface area contributed by atoms with E-state index in [1.54, 1.807) is 0 Å². The van der Waals surface area contributed by atoms with Crippen molar-refractivity contribution in [3.8, 4) is 0 Å². The molecule has 0 spiro atoms. The summed E-state index contributed by atoms with van der Waals surface area (Å²) in [7, 11) is 3.86. The van der Waals surface area contributed by atoms with Gasteiger partial charge < -0.3 is 20.5 Å². The first-order valence-electron chi connectivity index (χ1n) is 12.4. The summed E-state index contributed by atoms with van der Waals surface area (Å²) in [6, 6.07) is 10.7. The summed E-state index contributed by atoms with van der Waals surface area (Å²) in [5, 5.41) is 12.3. The molecule has 1 unspecified atom stereocenters. The Kier molecular flexibility index (Phi) is 8.69. The van der Waals surface area contributed by atoms with Crippen molar-refractivity contribution in [3.63, 3.8) is 0 Å². The molecule has 10 heteroatoms. The second-order valence-corrected chi connectivity index (χ2v) is 10.6. The van der Waals surface area contributed by atoms with E-state index in [0.29, 0.717) is 24.6 Å². The second kappa shape index (κ2) is 11.9. The number of hydrazine groups is 1. The van der Waals surface area contributed by atoms with Crippen LogP contribution in [0.2, 0.25) is 0 Å². The van der Waals surface area contributed by atoms with Gasteiger partial charge in [0.15, 0.2) is 5.78 Å². The zero-order chi connectivity index (χ0) is 24.8. The van der Waals surface area contributed by atoms with E-state index in [-0.39, 0.29) is 36.3 Å². The molecule has 3 heterocycles. The Balaban J connectivity index is 1.16. The Morgan fingerprint density at radius 2 is 2.03 bits per heavy atom. The van der Waals surface area contributed by atoms with Crippen molar-refractivity contribution in [1.29, 1.82) is 0 Å². The summed E-state index contributed by atoms with van der Waals surface area (Å²) in [5.41, 5.74) is 5.35. The molecule has 0 bridgehead atoms. The fourth-order valence-corrected chi connectivity index (χ4v) is 6.43. The highest BCUT2D eigenvalue weighted by Crippen LogP contribution is 2.33. The number of urea groups is 1. The van der Waals surface area contributed by atoms with E-state index < -0.39 is 0 Å². The molecule has 2 aliphatic heterocycles. The molecular weight excluding hydrogens is 464 g/mol. The van der Waals surface area contributed by atoms with E-state index in [4.69, 9.17) is 0 Å². The van der Waals surface area contributed by atoms with Gasteiger partial charge in [-0.3, -0.25) is 15.0 Å². The molecule has 0 radical (unpaired) electrons. The molecule has 3 amide bonds. The summed E-state index contributed by atoms with van der Waals surface area (Å²) in [6.45, 7) is 1.37. The number of unbranched alkanes of at least 4 members (excludes halogenated alkanes) is 1. The predicted octanol–water partition coefficient (Wildman–Crippen LogP) is 2.01. The molecule has 0 aliphatic carbocycles. The van der Waals surface area contributed by atoms with E-state index in [1.165, 1.54) is 0 Å². The number of thioether (sulfide) groups is 1. The van der Waals surface area contributed by atoms with Crippen molar-refractivity contribution < 1.29 is 14.4 Å². The number of hydrogen-bond donors (Lipinski definition) is 4. The lowest BCUT2D eigenvalue weighted by Gasteiger charge is -2.17. The van der Waals surface area contributed by atoms with Crippen LogP contribution in [0.3, 0.4) is 0 Å². The number of aryl methyl sites for hydroxylation is 1. The van der Waals surface area contributed by atoms with Crippen LogP contribution in [0.5, 0.6) is 0 Å². The van der Waals surface area contributed by atoms with Crippen LogP contribution in [0.15, 0.2) is 30.3 Å². The number of carbonyl (C=O) groups is 3. The minimum Gasteiger partial charge on any atom is -0.349 e. The number of rotatable bonds is 13. The van der Waals surface area contributed by atoms with Crippen molar-refractivity contribution in [1.82, 2.24) is 31.0 Å². The van der Waals surface area contributed by atoms with Crippen molar-refractivity contribution in [2.24, 2.45) is 0 Å². The minimum absolute atomic E-state index is 0.0638. The van der Waals surface area contributed by atoms with E-state index in [2.05, 4.69) is 44.1 Å². The van der Waals surface area contributed by atoms with Crippen LogP contribution in [-0.2, 0) is 22.7 Å². The summed E-state index contributed by atoms with van der Waals surface area (Å²) < 4.78 is 2.18. The number of hydrogen-bond acceptors (Lipinski definition) is 6. The summed E-state index contributed by atoms with van der Waals surface area (Å²) in [6.07, 6.45) is 3.54. The smallest absolute Gasteiger partial charge is 0.315 e. The third-order valence-electron chi connectivity index (χ3n) is 6.85. The molecule has 35 heavy (non-hydrogen) atoms. The Labute approximate surface area is 210 Å². The first-order chi connectivity index (χ1) is 16.9. The number of nitrogens with one attached hydrogen (secondary N) is 4. The average molecular weight is 501 g/mol. The van der Waals surface area contributed by atoms with Gasteiger partial charge in [0.05, 0.1) is 25.2 Å². The fourth-order valence-electron chi connectivity index (χ4n) is 4.88. The van der Waals surface area contributed by atoms with E-state index in [0.717, 1.165) is 48.2 Å². The number of fused-ring (bicyclic) bond motifs is 2. The Bertz CT molecular complexity index is 1060. The SMILES string of the molecule is CNN(C)Cc1cc2ccccc2n1CCC(=O)NCC(=O)CCCCC1SC[C@@H]2NC(=O)N[C@H]12. The molecule has 2 saturated heterocycles. The van der Waals surface area contributed by atoms with Gasteiger partial charge in [-0.05, 0) is 37.4 Å². The standard InChI is InChI=1S/C25H36N6O3S/c1-26-30(2)15-18-13-17-7-3-5-9-21(17)31(18)12-11-23(33)27-14-19(32)8-4-6-10-22-24-20(16-35-22)28-25(34)29-24/h3,5,7,9,13,20,22,24,26H,4,6,8,10-12,14-16H2,1-2H3,(H,27,33)(H2,28,29,34)/t20-,22?,24-/m0/s1. The van der Waals surface area contributed by atoms with Gasteiger partial charge in [-0.1, -0.05) is 24.6 Å². The highest BCUT2D eigenvalue weighted by Gasteiger charge is 2.42. The number of benzene rings is 1. The summed E-state index contributed by atoms with van der Waals surface area (Å²) >= 11 is 1.89. The van der Waals surface area contributed by atoms with Crippen LogP contribution in [0.25, 0.3) is 10.9 Å². The zero-order valence-corrected chi connectivity index (χ0v) is 21.3. The van der Waals surface area contributed by atoms with Gasteiger partial charge in [-0.25, -0.2) is 9.80 Å². The predicted molar refractivity (Wildman–Crippen MR) is 139 cm³/mol. The monoisotopic (exact) mass is 500 g/mol. The molecule has 1 aromatic heterocycles. The third-order valence-corrected chi connectivity index (χ3v) is 8.36. The van der Waals surface area contributed by atoms with Gasteiger partial charge in [0.25, 0.3) is 0 Å². The number of carbonyl (C=O) groups excluding carboxylic acids is 3. The van der Waals surface area contributed by atoms with Gasteiger partial charge in [0, 0.05) is 48.6 Å². The van der Waals surface area contributed by atoms with E-state index in [1.807, 2.05) is 43.0 Å². The molecule has 2 aliphatic rings. The highest BCUT2D eigenvalue weighted by molar-refractivity contribution is 8.00. The molecular formula is C25H36N6O3S. The molecule has 1 aromatic carbocycles. The molecule has 190 valence electrons. The number of Topliss-reactive ketones (excluding diaryl/α,β-unsaturated/α-hetero) is 1. The number of ketones is 1. The first-order valence-corrected chi connectivity index (χ1v) is 13.4. The van der Waals surface area contributed by atoms with E-state index in [9.17, 15) is 14.4 Å². The van der Waals surface area contributed by atoms with Gasteiger partial charge in [0.1, 0.15) is 0 Å². The van der Waals surface area contributed by atoms with Crippen LogP contribution < -0.4 is 21.4 Å². The van der Waals surface area contributed by atoms with Crippen LogP contribution in [0.1, 0.15) is 37.8 Å². The van der Waals surface area contributed by atoms with Crippen LogP contribution >= 0.6 is 11.8 Å². The average Bonchev–Trinajstić information content (AvgIpc) is 3.51. The molecule has 2 aromatic rings. The van der Waals surface area contributed by atoms with Crippen LogP contribution in [-0.4, -0.2) is 71.0 Å². The van der Waals surface area contributed by atoms with Crippen molar-refractivity contribution in [2.75, 3.05) is 26.4 Å². The van der Waals surface area contributed by atoms with Gasteiger partial charge in [-0.15, -0.1) is 0 Å². The van der Waals surface area contributed by atoms with Crippen molar-refractivity contribution >= 4 is 40.4 Å². The fraction of sp³-hybridized carbons (Fsp3) is 0.560. The van der Waals surface area contributed by atoms with Gasteiger partial charge in [-0.2, -0.15) is 11.8 Å². The minimum atomic E-state index is -0.109. The second-order valence-electron chi connectivity index (χ2n) is 9.36. The summed E-state index contributed by atoms with van der Waals surface area (Å²) in [4.78, 5) is 36.2. The maximum atomic E-state index is 12.5. The quantitative estimate of drug-likeness (QED) is 0.190. The Hall–Kier alpha value is -2.56. The summed E-state index contributed by atoms with van der Waals surface area (Å²) in [5.74, 6) is 0.904. The molecule has 3 atom stereocenters. The van der Waals surface area contributed by atoms with Crippen molar-refractivity contribution in [2.45, 2.75) is 62.5 Å². The molecule has 2 fully saturated rings. The third kappa shape index (κ3) is 6.56. The molecule has 9 nitrogen and oxygen atoms in total. The maximum absolute atomic E-state index is 12.5. The molecule has 4 rings (SSSR count). The Morgan fingerprint density at radius 3 is 2.86 bits per heavy atom. The number of nitrogens with zero attached hydrogens (tertiary/aromatic N) is 2. The number of amides is 3. The molecule has 4 N–H and O–H groups in total. The van der Waals surface area contributed by atoms with Gasteiger partial charge in [0.2, 0.25) is 5.91 Å². The topological polar surface area (TPSA) is 108 Å². The van der Waals surface area contributed by atoms with Crippen molar-refractivity contribution in [3.05, 3.63) is 36.0 Å². The largest absolute Gasteiger partial charge is 0.349 e. The van der Waals surface area contributed by atoms with Crippen LogP contribution in [0, 0.1) is 0 Å². The lowest BCUT2D eigenvalue weighted by atomic mass is 10.0. The molecule has 0 saturated carbocycles. The zero-order valence-electron chi connectivity index (χ0n) is 20.5. The lowest BCUT2D eigenvalue weighted by Crippen LogP contribution is -2.36. The van der Waals surface area contributed by atoms with E-state index >= 15 is 0 Å². The number of aromatic nitrogens is 1. The Morgan fingerprint density at radius 1 is 1.20 bits per heavy atom. The highest BCUT2D eigenvalue weighted by atomic mass is 32.2. The number of para-hydroxylation sites is 1. The van der Waals surface area contributed by atoms with Crippen LogP contribution in [0.4, 0.5) is 4.79 Å². The van der Waals surface area contributed by atoms with Gasteiger partial charge >= 0.3 is 6.03 Å². The lowest BCUT2D eigenvalue weighted by molar-refractivity contribution is -0.125.